The lowest BCUT2D eigenvalue weighted by Gasteiger charge is -2.44. The fourth-order valence-corrected chi connectivity index (χ4v) is 9.39. The van der Waals surface area contributed by atoms with Crippen LogP contribution in [0, 0.1) is 0 Å². The molecule has 2 N–H and O–H groups in total. The lowest BCUT2D eigenvalue weighted by molar-refractivity contribution is -0.300. The predicted molar refractivity (Wildman–Crippen MR) is 190 cm³/mol. The minimum atomic E-state index is -3.84. The molecular weight excluding hydrogens is 659 g/mol. The van der Waals surface area contributed by atoms with Gasteiger partial charge in [-0.25, -0.2) is 12.4 Å². The van der Waals surface area contributed by atoms with Crippen LogP contribution in [0.15, 0.2) is 126 Å². The van der Waals surface area contributed by atoms with Crippen LogP contribution in [0.1, 0.15) is 26.3 Å². The highest BCUT2D eigenvalue weighted by Gasteiger charge is 2.47. The van der Waals surface area contributed by atoms with Crippen molar-refractivity contribution < 1.29 is 37.3 Å². The second kappa shape index (κ2) is 15.1. The molecule has 11 heteroatoms. The minimum absolute atomic E-state index is 0.0360. The lowest BCUT2D eigenvalue weighted by Crippen LogP contribution is -2.63. The number of ether oxygens (including phenoxy) is 3. The Morgan fingerprint density at radius 1 is 0.796 bits per heavy atom. The highest BCUT2D eigenvalue weighted by Crippen LogP contribution is 2.29. The van der Waals surface area contributed by atoms with Crippen LogP contribution < -0.4 is 10.4 Å². The molecule has 1 fully saturated rings. The van der Waals surface area contributed by atoms with Gasteiger partial charge in [0.1, 0.15) is 24.4 Å². The van der Waals surface area contributed by atoms with Crippen molar-refractivity contribution in [1.82, 2.24) is 3.97 Å². The summed E-state index contributed by atoms with van der Waals surface area (Å²) in [5, 5.41) is 25.5. The summed E-state index contributed by atoms with van der Waals surface area (Å²) in [6.07, 6.45) is -3.60. The van der Waals surface area contributed by atoms with Crippen LogP contribution in [0.5, 0.6) is 0 Å². The molecule has 2 heterocycles. The first-order valence-electron chi connectivity index (χ1n) is 16.3. The first-order valence-corrected chi connectivity index (χ1v) is 19.2. The van der Waals surface area contributed by atoms with Crippen LogP contribution in [0.3, 0.4) is 0 Å². The quantitative estimate of drug-likeness (QED) is 0.189. The van der Waals surface area contributed by atoms with E-state index in [1.807, 2.05) is 99.6 Å². The largest absolute Gasteiger partial charge is 0.396 e. The van der Waals surface area contributed by atoms with Gasteiger partial charge in [0.25, 0.3) is 19.1 Å². The molecule has 1 aliphatic heterocycles. The fourth-order valence-electron chi connectivity index (χ4n) is 5.86. The third-order valence-corrected chi connectivity index (χ3v) is 12.3. The Morgan fingerprint density at radius 3 is 1.98 bits per heavy atom. The Labute approximate surface area is 289 Å². The van der Waals surface area contributed by atoms with E-state index in [4.69, 9.17) is 18.6 Å². The predicted octanol–water partition coefficient (Wildman–Crippen LogP) is 3.89. The number of para-hydroxylation sites is 1. The average Bonchev–Trinajstić information content (AvgIpc) is 3.49. The second-order valence-corrected chi connectivity index (χ2v) is 16.9. The number of benzene rings is 4. The Hall–Kier alpha value is -3.65. The van der Waals surface area contributed by atoms with Gasteiger partial charge in [-0.1, -0.05) is 97.1 Å². The molecule has 4 aromatic carbocycles. The molecule has 0 bridgehead atoms. The number of hydrogen-bond acceptors (Lipinski definition) is 8. The van der Waals surface area contributed by atoms with Crippen molar-refractivity contribution in [1.29, 1.82) is 0 Å². The summed E-state index contributed by atoms with van der Waals surface area (Å²) in [7, 11) is -5.76. The Kier molecular flexibility index (Phi) is 10.8. The van der Waals surface area contributed by atoms with E-state index in [0.717, 1.165) is 21.3 Å². The van der Waals surface area contributed by atoms with E-state index in [2.05, 4.69) is 0 Å². The number of aromatic nitrogens is 1. The second-order valence-electron chi connectivity index (χ2n) is 13.0. The molecule has 0 saturated carbocycles. The zero-order valence-corrected chi connectivity index (χ0v) is 29.6. The van der Waals surface area contributed by atoms with Crippen LogP contribution >= 0.6 is 0 Å². The summed E-state index contributed by atoms with van der Waals surface area (Å²) in [4.78, 5) is 0.194. The van der Waals surface area contributed by atoms with E-state index in [0.29, 0.717) is 11.9 Å². The molecule has 5 aromatic rings. The van der Waals surface area contributed by atoms with E-state index in [1.165, 1.54) is 3.97 Å². The molecule has 9 nitrogen and oxygen atoms in total. The summed E-state index contributed by atoms with van der Waals surface area (Å²) in [6.45, 7) is 5.87. The molecule has 0 amide bonds. The van der Waals surface area contributed by atoms with Crippen LogP contribution in [-0.2, 0) is 35.1 Å². The van der Waals surface area contributed by atoms with Crippen LogP contribution in [-0.4, -0.2) is 81.2 Å². The molecule has 6 rings (SSSR count). The number of fused-ring (bicyclic) bond motifs is 1. The van der Waals surface area contributed by atoms with Gasteiger partial charge >= 0.3 is 0 Å². The topological polar surface area (TPSA) is 116 Å². The van der Waals surface area contributed by atoms with E-state index in [-0.39, 0.29) is 18.1 Å². The van der Waals surface area contributed by atoms with Gasteiger partial charge in [-0.3, -0.25) is 0 Å². The normalized spacial score (nSPS) is 21.7. The Balaban J connectivity index is 1.28. The monoisotopic (exact) mass is 700 g/mol. The molecule has 1 radical (unpaired) electrons. The molecule has 0 spiro atoms. The SMILES string of the molecule is CC(C)(C)OC[C@H]1O[C@@H](OCCc2cn(S(=O)(=O)c3ccccc3)c3ccccc23)[C@H](O[Si](c2ccccc2)c2ccccc2)[C@@H](O)[C@@H]1O. The third kappa shape index (κ3) is 8.06. The molecule has 49 heavy (non-hydrogen) atoms. The van der Waals surface area contributed by atoms with E-state index in [9.17, 15) is 18.6 Å². The number of aliphatic hydroxyl groups excluding tert-OH is 2. The van der Waals surface area contributed by atoms with Crippen LogP contribution in [0.4, 0.5) is 0 Å². The average molecular weight is 701 g/mol. The fraction of sp³-hybridized carbons (Fsp3) is 0.316. The Morgan fingerprint density at radius 2 is 1.37 bits per heavy atom. The van der Waals surface area contributed by atoms with Gasteiger partial charge in [0.05, 0.1) is 29.2 Å². The molecule has 1 aromatic heterocycles. The molecule has 0 aliphatic carbocycles. The maximum absolute atomic E-state index is 13.6. The first kappa shape index (κ1) is 35.2. The van der Waals surface area contributed by atoms with Crippen molar-refractivity contribution in [2.45, 2.75) is 68.4 Å². The van der Waals surface area contributed by atoms with Gasteiger partial charge in [0.2, 0.25) is 0 Å². The van der Waals surface area contributed by atoms with Gasteiger partial charge in [-0.05, 0) is 61.3 Å². The maximum Gasteiger partial charge on any atom is 0.283 e. The zero-order valence-electron chi connectivity index (χ0n) is 27.8. The van der Waals surface area contributed by atoms with E-state index >= 15 is 0 Å². The molecule has 257 valence electrons. The van der Waals surface area contributed by atoms with Crippen molar-refractivity contribution >= 4 is 40.3 Å². The number of rotatable bonds is 12. The Bertz CT molecular complexity index is 1880. The van der Waals surface area contributed by atoms with Crippen molar-refractivity contribution in [3.8, 4) is 0 Å². The molecular formula is C38H42NO8SSi. The number of nitrogens with zero attached hydrogens (tertiary/aromatic N) is 1. The van der Waals surface area contributed by atoms with Crippen molar-refractivity contribution in [3.05, 3.63) is 127 Å². The highest BCUT2D eigenvalue weighted by molar-refractivity contribution is 7.90. The summed E-state index contributed by atoms with van der Waals surface area (Å²) < 4.78 is 53.9. The van der Waals surface area contributed by atoms with Gasteiger partial charge in [-0.15, -0.1) is 0 Å². The molecule has 0 unspecified atom stereocenters. The van der Waals surface area contributed by atoms with E-state index in [1.54, 1.807) is 42.6 Å². The van der Waals surface area contributed by atoms with Crippen LogP contribution in [0.25, 0.3) is 10.9 Å². The molecule has 1 saturated heterocycles. The van der Waals surface area contributed by atoms with Crippen molar-refractivity contribution in [2.75, 3.05) is 13.2 Å². The highest BCUT2D eigenvalue weighted by atomic mass is 32.2. The molecule has 5 atom stereocenters. The number of aliphatic hydroxyl groups is 2. The third-order valence-electron chi connectivity index (χ3n) is 8.37. The van der Waals surface area contributed by atoms with Gasteiger partial charge < -0.3 is 28.8 Å². The van der Waals surface area contributed by atoms with Crippen LogP contribution in [0.2, 0.25) is 0 Å². The first-order chi connectivity index (χ1) is 23.5. The van der Waals surface area contributed by atoms with Gasteiger partial charge in [0, 0.05) is 11.6 Å². The smallest absolute Gasteiger partial charge is 0.283 e. The minimum Gasteiger partial charge on any atom is -0.396 e. The summed E-state index contributed by atoms with van der Waals surface area (Å²) >= 11 is 0. The van der Waals surface area contributed by atoms with E-state index < -0.39 is 55.4 Å². The summed E-state index contributed by atoms with van der Waals surface area (Å²) in [6, 6.07) is 35.3. The maximum atomic E-state index is 13.6. The lowest BCUT2D eigenvalue weighted by atomic mass is 9.99. The van der Waals surface area contributed by atoms with Crippen molar-refractivity contribution in [3.63, 3.8) is 0 Å². The number of hydrogen-bond donors (Lipinski definition) is 2. The molecule has 1 aliphatic rings. The summed E-state index contributed by atoms with van der Waals surface area (Å²) in [5.41, 5.74) is 0.838. The standard InChI is InChI=1S/C38H42NO8SSi/c1-38(2,3)45-26-33-34(40)35(41)36(47-49(29-17-9-5-10-18-29)30-19-11-6-12-20-30)37(46-33)44-24-23-27-25-39(32-22-14-13-21-31(27)32)48(42,43)28-15-7-4-8-16-28/h4-22,25,33-37,40-41H,23-24,26H2,1-3H3/t33-,34-,35+,36-,37-/m1/s1. The summed E-state index contributed by atoms with van der Waals surface area (Å²) in [5.74, 6) is 0. The zero-order chi connectivity index (χ0) is 34.6. The van der Waals surface area contributed by atoms with Gasteiger partial charge in [-0.2, -0.15) is 0 Å². The van der Waals surface area contributed by atoms with Gasteiger partial charge in [0.15, 0.2) is 6.29 Å². The van der Waals surface area contributed by atoms with Crippen molar-refractivity contribution in [2.24, 2.45) is 0 Å².